The molecule has 5 heteroatoms. The van der Waals surface area contributed by atoms with Crippen LogP contribution in [-0.2, 0) is 0 Å². The molecule has 122 valence electrons. The second kappa shape index (κ2) is 7.45. The van der Waals surface area contributed by atoms with Crippen molar-refractivity contribution < 1.29 is 0 Å². The fourth-order valence-corrected chi connectivity index (χ4v) is 2.97. The average molecular weight is 383 g/mol. The van der Waals surface area contributed by atoms with Gasteiger partial charge in [0.15, 0.2) is 0 Å². The molecule has 2 N–H and O–H groups in total. The molecule has 2 aromatic carbocycles. The summed E-state index contributed by atoms with van der Waals surface area (Å²) in [5, 5.41) is 6.65. The average Bonchev–Trinajstić information content (AvgIpc) is 2.58. The molecule has 0 saturated heterocycles. The molecule has 1 aromatic heterocycles. The van der Waals surface area contributed by atoms with Gasteiger partial charge in [0.25, 0.3) is 0 Å². The quantitative estimate of drug-likeness (QED) is 0.614. The molecule has 0 aliphatic rings. The summed E-state index contributed by atoms with van der Waals surface area (Å²) in [6, 6.07) is 18.4. The molecule has 0 fully saturated rings. The highest BCUT2D eigenvalue weighted by Crippen LogP contribution is 2.26. The Bertz CT molecular complexity index is 821. The lowest BCUT2D eigenvalue weighted by atomic mass is 10.1. The van der Waals surface area contributed by atoms with Gasteiger partial charge in [0.1, 0.15) is 5.82 Å². The molecule has 3 aromatic rings. The molecule has 1 atom stereocenters. The van der Waals surface area contributed by atoms with Crippen LogP contribution >= 0.6 is 15.9 Å². The van der Waals surface area contributed by atoms with Crippen molar-refractivity contribution in [2.24, 2.45) is 0 Å². The third-order valence-electron chi connectivity index (χ3n) is 3.69. The lowest BCUT2D eigenvalue weighted by molar-refractivity contribution is 0.861. The molecule has 3 rings (SSSR count). The van der Waals surface area contributed by atoms with Gasteiger partial charge in [-0.15, -0.1) is 0 Å². The molecule has 0 saturated carbocycles. The number of anilines is 3. The van der Waals surface area contributed by atoms with Crippen molar-refractivity contribution in [1.29, 1.82) is 0 Å². The number of benzene rings is 2. The van der Waals surface area contributed by atoms with Crippen molar-refractivity contribution in [3.05, 3.63) is 76.4 Å². The first-order valence-electron chi connectivity index (χ1n) is 7.79. The summed E-state index contributed by atoms with van der Waals surface area (Å²) in [4.78, 5) is 8.85. The molecule has 24 heavy (non-hydrogen) atoms. The molecule has 0 amide bonds. The maximum absolute atomic E-state index is 4.54. The SMILES string of the molecule is Cc1ccc(Nc2ccnc(NC(C)c3ccccc3)n2)c(Br)c1. The monoisotopic (exact) mass is 382 g/mol. The Labute approximate surface area is 150 Å². The fraction of sp³-hybridized carbons (Fsp3) is 0.158. The Morgan fingerprint density at radius 1 is 1.04 bits per heavy atom. The molecular formula is C19H19BrN4. The number of nitrogens with one attached hydrogen (secondary N) is 2. The van der Waals surface area contributed by atoms with Crippen molar-refractivity contribution in [1.82, 2.24) is 9.97 Å². The number of nitrogens with zero attached hydrogens (tertiary/aromatic N) is 2. The van der Waals surface area contributed by atoms with E-state index in [2.05, 4.69) is 74.6 Å². The zero-order valence-corrected chi connectivity index (χ0v) is 15.2. The molecular weight excluding hydrogens is 364 g/mol. The first-order valence-corrected chi connectivity index (χ1v) is 8.59. The third kappa shape index (κ3) is 4.11. The van der Waals surface area contributed by atoms with Crippen LogP contribution in [-0.4, -0.2) is 9.97 Å². The summed E-state index contributed by atoms with van der Waals surface area (Å²) in [5.41, 5.74) is 3.37. The molecule has 1 unspecified atom stereocenters. The van der Waals surface area contributed by atoms with Gasteiger partial charge < -0.3 is 10.6 Å². The summed E-state index contributed by atoms with van der Waals surface area (Å²) in [6.07, 6.45) is 1.75. The molecule has 0 aliphatic heterocycles. The van der Waals surface area contributed by atoms with Crippen molar-refractivity contribution in [3.8, 4) is 0 Å². The van der Waals surface area contributed by atoms with Crippen LogP contribution in [0.2, 0.25) is 0 Å². The Morgan fingerprint density at radius 3 is 2.58 bits per heavy atom. The summed E-state index contributed by atoms with van der Waals surface area (Å²) in [5.74, 6) is 1.34. The van der Waals surface area contributed by atoms with Crippen LogP contribution in [0, 0.1) is 6.92 Å². The first-order chi connectivity index (χ1) is 11.6. The molecule has 0 aliphatic carbocycles. The fourth-order valence-electron chi connectivity index (χ4n) is 2.38. The Balaban J connectivity index is 1.74. The zero-order valence-electron chi connectivity index (χ0n) is 13.6. The maximum Gasteiger partial charge on any atom is 0.225 e. The van der Waals surface area contributed by atoms with Crippen LogP contribution in [0.15, 0.2) is 65.3 Å². The standard InChI is InChI=1S/C19H19BrN4/c1-13-8-9-17(16(20)12-13)23-18-10-11-21-19(24-18)22-14(2)15-6-4-3-5-7-15/h3-12,14H,1-2H3,(H2,21,22,23,24). The van der Waals surface area contributed by atoms with Crippen LogP contribution in [0.4, 0.5) is 17.5 Å². The summed E-state index contributed by atoms with van der Waals surface area (Å²) < 4.78 is 1.01. The van der Waals surface area contributed by atoms with E-state index in [9.17, 15) is 0 Å². The Morgan fingerprint density at radius 2 is 1.83 bits per heavy atom. The summed E-state index contributed by atoms with van der Waals surface area (Å²) in [7, 11) is 0. The molecule has 1 heterocycles. The highest BCUT2D eigenvalue weighted by molar-refractivity contribution is 9.10. The minimum absolute atomic E-state index is 0.132. The second-order valence-corrected chi connectivity index (χ2v) is 6.50. The van der Waals surface area contributed by atoms with Crippen molar-refractivity contribution in [2.45, 2.75) is 19.9 Å². The van der Waals surface area contributed by atoms with Crippen molar-refractivity contribution in [2.75, 3.05) is 10.6 Å². The molecule has 4 nitrogen and oxygen atoms in total. The van der Waals surface area contributed by atoms with E-state index < -0.39 is 0 Å². The van der Waals surface area contributed by atoms with Gasteiger partial charge in [-0.25, -0.2) is 4.98 Å². The van der Waals surface area contributed by atoms with Gasteiger partial charge in [0.2, 0.25) is 5.95 Å². The summed E-state index contributed by atoms with van der Waals surface area (Å²) >= 11 is 3.57. The largest absolute Gasteiger partial charge is 0.348 e. The van der Waals surface area contributed by atoms with Crippen LogP contribution < -0.4 is 10.6 Å². The number of aromatic nitrogens is 2. The van der Waals surface area contributed by atoms with Crippen molar-refractivity contribution >= 4 is 33.4 Å². The van der Waals surface area contributed by atoms with Gasteiger partial charge in [0.05, 0.1) is 11.7 Å². The van der Waals surface area contributed by atoms with Gasteiger partial charge in [-0.2, -0.15) is 4.98 Å². The predicted octanol–water partition coefficient (Wildman–Crippen LogP) is 5.46. The minimum atomic E-state index is 0.132. The first kappa shape index (κ1) is 16.5. The van der Waals surface area contributed by atoms with Crippen LogP contribution in [0.5, 0.6) is 0 Å². The van der Waals surface area contributed by atoms with Crippen LogP contribution in [0.25, 0.3) is 0 Å². The van der Waals surface area contributed by atoms with Gasteiger partial charge in [-0.05, 0) is 59.1 Å². The van der Waals surface area contributed by atoms with Gasteiger partial charge in [0, 0.05) is 10.7 Å². The Kier molecular flexibility index (Phi) is 5.11. The molecule has 0 radical (unpaired) electrons. The van der Waals surface area contributed by atoms with E-state index in [-0.39, 0.29) is 6.04 Å². The van der Waals surface area contributed by atoms with E-state index in [0.29, 0.717) is 5.95 Å². The van der Waals surface area contributed by atoms with E-state index in [4.69, 9.17) is 0 Å². The van der Waals surface area contributed by atoms with E-state index in [0.717, 1.165) is 16.0 Å². The van der Waals surface area contributed by atoms with E-state index >= 15 is 0 Å². The highest BCUT2D eigenvalue weighted by Gasteiger charge is 2.08. The van der Waals surface area contributed by atoms with E-state index in [1.807, 2.05) is 30.3 Å². The number of hydrogen-bond donors (Lipinski definition) is 2. The number of aryl methyl sites for hydroxylation is 1. The summed E-state index contributed by atoms with van der Waals surface area (Å²) in [6.45, 7) is 4.15. The maximum atomic E-state index is 4.54. The third-order valence-corrected chi connectivity index (χ3v) is 4.34. The van der Waals surface area contributed by atoms with Gasteiger partial charge in [-0.1, -0.05) is 36.4 Å². The predicted molar refractivity (Wildman–Crippen MR) is 103 cm³/mol. The lowest BCUT2D eigenvalue weighted by Gasteiger charge is -2.15. The molecule has 0 bridgehead atoms. The topological polar surface area (TPSA) is 49.8 Å². The normalized spacial score (nSPS) is 11.8. The van der Waals surface area contributed by atoms with Gasteiger partial charge >= 0.3 is 0 Å². The lowest BCUT2D eigenvalue weighted by Crippen LogP contribution is -2.10. The second-order valence-electron chi connectivity index (χ2n) is 5.65. The zero-order chi connectivity index (χ0) is 16.9. The number of halogens is 1. The van der Waals surface area contributed by atoms with Gasteiger partial charge in [-0.3, -0.25) is 0 Å². The highest BCUT2D eigenvalue weighted by atomic mass is 79.9. The van der Waals surface area contributed by atoms with Crippen LogP contribution in [0.3, 0.4) is 0 Å². The van der Waals surface area contributed by atoms with E-state index in [1.165, 1.54) is 11.1 Å². The minimum Gasteiger partial charge on any atom is -0.348 e. The van der Waals surface area contributed by atoms with Crippen molar-refractivity contribution in [3.63, 3.8) is 0 Å². The Hall–Kier alpha value is -2.40. The van der Waals surface area contributed by atoms with Crippen LogP contribution in [0.1, 0.15) is 24.1 Å². The number of hydrogen-bond acceptors (Lipinski definition) is 4. The van der Waals surface area contributed by atoms with E-state index in [1.54, 1.807) is 6.20 Å². The number of rotatable bonds is 5. The molecule has 0 spiro atoms. The smallest absolute Gasteiger partial charge is 0.225 e.